The third kappa shape index (κ3) is 5.35. The third-order valence-electron chi connectivity index (χ3n) is 2.27. The van der Waals surface area contributed by atoms with Gasteiger partial charge in [0.05, 0.1) is 28.1 Å². The number of anilines is 1. The molecule has 0 aromatic heterocycles. The molecule has 0 radical (unpaired) electrons. The van der Waals surface area contributed by atoms with Crippen molar-refractivity contribution in [3.8, 4) is 0 Å². The summed E-state index contributed by atoms with van der Waals surface area (Å²) in [6.45, 7) is 1.73. The lowest BCUT2D eigenvalue weighted by Gasteiger charge is -2.07. The van der Waals surface area contributed by atoms with Gasteiger partial charge in [-0.15, -0.1) is 0 Å². The van der Waals surface area contributed by atoms with Crippen LogP contribution in [0.5, 0.6) is 0 Å². The minimum absolute atomic E-state index is 0.429. The highest BCUT2D eigenvalue weighted by molar-refractivity contribution is 7.85. The molecule has 2 N–H and O–H groups in total. The lowest BCUT2D eigenvalue weighted by Crippen LogP contribution is -2.09. The molecular weight excluding hydrogens is 274 g/mol. The molecule has 0 bridgehead atoms. The highest BCUT2D eigenvalue weighted by Gasteiger charge is 2.08. The predicted octanol–water partition coefficient (Wildman–Crippen LogP) is 2.08. The van der Waals surface area contributed by atoms with Crippen LogP contribution in [0, 0.1) is 0 Å². The molecule has 0 fully saturated rings. The van der Waals surface area contributed by atoms with Gasteiger partial charge in [-0.3, -0.25) is 4.21 Å². The van der Waals surface area contributed by atoms with Gasteiger partial charge in [0.2, 0.25) is 0 Å². The molecule has 102 valence electrons. The van der Waals surface area contributed by atoms with Gasteiger partial charge in [0, 0.05) is 31.0 Å². The van der Waals surface area contributed by atoms with E-state index in [1.54, 1.807) is 25.3 Å². The number of hydrogen-bond donors (Lipinski definition) is 1. The molecule has 0 saturated carbocycles. The standard InChI is InChI=1S/C12H18ClNO3S/c1-16-5-2-6-17-7-8-18(15)12-4-3-10(13)9-11(12)14/h3-4,9H,2,5-8,14H2,1H3. The topological polar surface area (TPSA) is 61.5 Å². The second kappa shape index (κ2) is 8.48. The third-order valence-corrected chi connectivity index (χ3v) is 3.90. The van der Waals surface area contributed by atoms with Crippen LogP contribution in [0.2, 0.25) is 5.02 Å². The number of nitrogens with two attached hydrogens (primary N) is 1. The maximum absolute atomic E-state index is 11.9. The highest BCUT2D eigenvalue weighted by atomic mass is 35.5. The van der Waals surface area contributed by atoms with Gasteiger partial charge in [0.25, 0.3) is 0 Å². The molecule has 1 atom stereocenters. The van der Waals surface area contributed by atoms with Gasteiger partial charge in [0.1, 0.15) is 0 Å². The highest BCUT2D eigenvalue weighted by Crippen LogP contribution is 2.21. The van der Waals surface area contributed by atoms with E-state index in [-0.39, 0.29) is 0 Å². The van der Waals surface area contributed by atoms with Crippen LogP contribution in [0.4, 0.5) is 5.69 Å². The Kier molecular flexibility index (Phi) is 7.27. The van der Waals surface area contributed by atoms with E-state index >= 15 is 0 Å². The molecule has 0 heterocycles. The first-order valence-electron chi connectivity index (χ1n) is 5.65. The van der Waals surface area contributed by atoms with Crippen LogP contribution in [0.25, 0.3) is 0 Å². The van der Waals surface area contributed by atoms with Gasteiger partial charge in [-0.05, 0) is 24.6 Å². The number of halogens is 1. The molecule has 0 aliphatic heterocycles. The number of rotatable bonds is 8. The molecule has 1 rings (SSSR count). The fourth-order valence-electron chi connectivity index (χ4n) is 1.38. The van der Waals surface area contributed by atoms with Crippen molar-refractivity contribution in [1.29, 1.82) is 0 Å². The van der Waals surface area contributed by atoms with E-state index < -0.39 is 10.8 Å². The zero-order chi connectivity index (χ0) is 13.4. The first kappa shape index (κ1) is 15.4. The molecule has 0 aliphatic carbocycles. The summed E-state index contributed by atoms with van der Waals surface area (Å²) in [5, 5.41) is 0.545. The molecule has 4 nitrogen and oxygen atoms in total. The predicted molar refractivity (Wildman–Crippen MR) is 74.5 cm³/mol. The lowest BCUT2D eigenvalue weighted by atomic mass is 10.3. The van der Waals surface area contributed by atoms with Crippen molar-refractivity contribution in [2.75, 3.05) is 38.4 Å². The summed E-state index contributed by atoms with van der Waals surface area (Å²) >= 11 is 5.78. The quantitative estimate of drug-likeness (QED) is 0.588. The van der Waals surface area contributed by atoms with Crippen molar-refractivity contribution in [3.63, 3.8) is 0 Å². The monoisotopic (exact) mass is 291 g/mol. The van der Waals surface area contributed by atoms with Gasteiger partial charge in [-0.2, -0.15) is 0 Å². The van der Waals surface area contributed by atoms with Crippen LogP contribution < -0.4 is 5.73 Å². The van der Waals surface area contributed by atoms with E-state index in [9.17, 15) is 4.21 Å². The van der Waals surface area contributed by atoms with Crippen LogP contribution in [0.3, 0.4) is 0 Å². The Morgan fingerprint density at radius 2 is 2.11 bits per heavy atom. The van der Waals surface area contributed by atoms with E-state index in [1.165, 1.54) is 0 Å². The molecule has 0 amide bonds. The fraction of sp³-hybridized carbons (Fsp3) is 0.500. The van der Waals surface area contributed by atoms with Crippen molar-refractivity contribution >= 4 is 28.1 Å². The van der Waals surface area contributed by atoms with Crippen LogP contribution in [0.15, 0.2) is 23.1 Å². The summed E-state index contributed by atoms with van der Waals surface area (Å²) in [6.07, 6.45) is 0.840. The van der Waals surface area contributed by atoms with Crippen molar-refractivity contribution < 1.29 is 13.7 Å². The van der Waals surface area contributed by atoms with Gasteiger partial charge in [-0.1, -0.05) is 11.6 Å². The molecule has 0 saturated heterocycles. The van der Waals surface area contributed by atoms with Crippen LogP contribution in [-0.2, 0) is 20.3 Å². The number of methoxy groups -OCH3 is 1. The Morgan fingerprint density at radius 3 is 2.78 bits per heavy atom. The second-order valence-electron chi connectivity index (χ2n) is 3.69. The summed E-state index contributed by atoms with van der Waals surface area (Å²) in [4.78, 5) is 0.611. The summed E-state index contributed by atoms with van der Waals surface area (Å²) in [5.74, 6) is 0.429. The van der Waals surface area contributed by atoms with Gasteiger partial charge in [-0.25, -0.2) is 0 Å². The molecular formula is C12H18ClNO3S. The molecule has 18 heavy (non-hydrogen) atoms. The Bertz CT molecular complexity index is 401. The van der Waals surface area contributed by atoms with E-state index in [2.05, 4.69) is 0 Å². The van der Waals surface area contributed by atoms with Gasteiger partial charge < -0.3 is 15.2 Å². The van der Waals surface area contributed by atoms with E-state index in [0.29, 0.717) is 41.2 Å². The van der Waals surface area contributed by atoms with Crippen molar-refractivity contribution in [2.24, 2.45) is 0 Å². The van der Waals surface area contributed by atoms with Crippen molar-refractivity contribution in [1.82, 2.24) is 0 Å². The number of hydrogen-bond acceptors (Lipinski definition) is 4. The second-order valence-corrected chi connectivity index (χ2v) is 5.67. The number of benzene rings is 1. The van der Waals surface area contributed by atoms with Crippen LogP contribution in [-0.4, -0.2) is 36.9 Å². The summed E-state index contributed by atoms with van der Waals surface area (Å²) in [7, 11) is 0.501. The van der Waals surface area contributed by atoms with E-state index in [1.807, 2.05) is 0 Å². The Labute approximate surface area is 115 Å². The van der Waals surface area contributed by atoms with Crippen LogP contribution >= 0.6 is 11.6 Å². The molecule has 0 spiro atoms. The SMILES string of the molecule is COCCCOCCS(=O)c1ccc(Cl)cc1N. The maximum atomic E-state index is 11.9. The molecule has 6 heteroatoms. The van der Waals surface area contributed by atoms with Crippen molar-refractivity contribution in [2.45, 2.75) is 11.3 Å². The largest absolute Gasteiger partial charge is 0.398 e. The molecule has 1 aromatic carbocycles. The zero-order valence-electron chi connectivity index (χ0n) is 10.4. The maximum Gasteiger partial charge on any atom is 0.0619 e. The molecule has 1 aromatic rings. The molecule has 0 aliphatic rings. The normalized spacial score (nSPS) is 12.6. The zero-order valence-corrected chi connectivity index (χ0v) is 11.9. The minimum atomic E-state index is -1.15. The lowest BCUT2D eigenvalue weighted by molar-refractivity contribution is 0.112. The minimum Gasteiger partial charge on any atom is -0.398 e. The van der Waals surface area contributed by atoms with E-state index in [0.717, 1.165) is 6.42 Å². The number of nitrogen functional groups attached to an aromatic ring is 1. The van der Waals surface area contributed by atoms with Gasteiger partial charge >= 0.3 is 0 Å². The van der Waals surface area contributed by atoms with E-state index in [4.69, 9.17) is 26.8 Å². The summed E-state index contributed by atoms with van der Waals surface area (Å²) < 4.78 is 22.2. The average Bonchev–Trinajstić information content (AvgIpc) is 2.33. The summed E-state index contributed by atoms with van der Waals surface area (Å²) in [5.41, 5.74) is 6.22. The Hall–Kier alpha value is -0.620. The Balaban J connectivity index is 2.32. The van der Waals surface area contributed by atoms with Crippen LogP contribution in [0.1, 0.15) is 6.42 Å². The number of ether oxygens (including phenoxy) is 2. The Morgan fingerprint density at radius 1 is 1.33 bits per heavy atom. The fourth-order valence-corrected chi connectivity index (χ4v) is 2.59. The summed E-state index contributed by atoms with van der Waals surface area (Å²) in [6, 6.07) is 4.98. The average molecular weight is 292 g/mol. The first-order valence-corrected chi connectivity index (χ1v) is 7.35. The molecule has 1 unspecified atom stereocenters. The first-order chi connectivity index (χ1) is 8.65. The smallest absolute Gasteiger partial charge is 0.0619 e. The van der Waals surface area contributed by atoms with Gasteiger partial charge in [0.15, 0.2) is 0 Å². The van der Waals surface area contributed by atoms with Crippen molar-refractivity contribution in [3.05, 3.63) is 23.2 Å².